The van der Waals surface area contributed by atoms with Crippen molar-refractivity contribution in [3.63, 3.8) is 0 Å². The van der Waals surface area contributed by atoms with Crippen molar-refractivity contribution in [2.75, 3.05) is 32.0 Å². The van der Waals surface area contributed by atoms with Crippen LogP contribution in [0.3, 0.4) is 0 Å². The van der Waals surface area contributed by atoms with Crippen molar-refractivity contribution in [3.05, 3.63) is 33.9 Å². The van der Waals surface area contributed by atoms with E-state index in [1.165, 1.54) is 25.2 Å². The first kappa shape index (κ1) is 16.9. The summed E-state index contributed by atoms with van der Waals surface area (Å²) in [6.45, 7) is 3.08. The van der Waals surface area contributed by atoms with Gasteiger partial charge in [-0.2, -0.15) is 0 Å². The molecule has 0 bridgehead atoms. The quantitative estimate of drug-likeness (QED) is 0.312. The highest BCUT2D eigenvalue weighted by Gasteiger charge is 2.16. The number of nitrogens with zero attached hydrogens (tertiary/aromatic N) is 1. The zero-order valence-corrected chi connectivity index (χ0v) is 12.0. The second-order valence-electron chi connectivity index (χ2n) is 4.55. The van der Waals surface area contributed by atoms with Gasteiger partial charge in [0.05, 0.1) is 11.0 Å². The van der Waals surface area contributed by atoms with Crippen molar-refractivity contribution in [1.29, 1.82) is 0 Å². The van der Waals surface area contributed by atoms with Crippen molar-refractivity contribution < 1.29 is 14.8 Å². The zero-order valence-electron chi connectivity index (χ0n) is 12.0. The molecule has 0 saturated carbocycles. The fraction of sp³-hybridized carbons (Fsp3) is 0.462. The fourth-order valence-corrected chi connectivity index (χ4v) is 1.72. The Labute approximate surface area is 122 Å². The van der Waals surface area contributed by atoms with Crippen molar-refractivity contribution >= 4 is 17.3 Å². The SMILES string of the molecule is CNC(=O)c1ccc([N+](=O)[O-])c(NCCNCC(C)O)c1. The van der Waals surface area contributed by atoms with Gasteiger partial charge in [0.15, 0.2) is 0 Å². The van der Waals surface area contributed by atoms with E-state index >= 15 is 0 Å². The average molecular weight is 296 g/mol. The predicted octanol–water partition coefficient (Wildman–Crippen LogP) is 0.337. The van der Waals surface area contributed by atoms with E-state index in [-0.39, 0.29) is 11.6 Å². The van der Waals surface area contributed by atoms with E-state index in [4.69, 9.17) is 5.11 Å². The number of nitrogens with one attached hydrogen (secondary N) is 3. The first-order valence-electron chi connectivity index (χ1n) is 6.59. The molecule has 21 heavy (non-hydrogen) atoms. The summed E-state index contributed by atoms with van der Waals surface area (Å²) in [5, 5.41) is 28.4. The number of carbonyl (C=O) groups excluding carboxylic acids is 1. The highest BCUT2D eigenvalue weighted by molar-refractivity contribution is 5.95. The summed E-state index contributed by atoms with van der Waals surface area (Å²) in [7, 11) is 1.50. The van der Waals surface area contributed by atoms with Crippen LogP contribution >= 0.6 is 0 Å². The number of carbonyl (C=O) groups is 1. The third-order valence-electron chi connectivity index (χ3n) is 2.74. The Morgan fingerprint density at radius 3 is 2.71 bits per heavy atom. The number of aliphatic hydroxyl groups is 1. The molecule has 116 valence electrons. The molecule has 8 heteroatoms. The molecule has 0 aromatic heterocycles. The Bertz CT molecular complexity index is 505. The Kier molecular flexibility index (Phi) is 6.57. The fourth-order valence-electron chi connectivity index (χ4n) is 1.72. The Morgan fingerprint density at radius 2 is 2.14 bits per heavy atom. The van der Waals surface area contributed by atoms with Crippen molar-refractivity contribution in [2.45, 2.75) is 13.0 Å². The number of amides is 1. The molecule has 1 aromatic carbocycles. The van der Waals surface area contributed by atoms with Gasteiger partial charge in [-0.05, 0) is 19.1 Å². The van der Waals surface area contributed by atoms with Crippen LogP contribution in [-0.2, 0) is 0 Å². The minimum Gasteiger partial charge on any atom is -0.392 e. The van der Waals surface area contributed by atoms with Crippen molar-refractivity contribution in [3.8, 4) is 0 Å². The molecule has 4 N–H and O–H groups in total. The molecule has 1 aromatic rings. The molecule has 1 unspecified atom stereocenters. The molecule has 0 fully saturated rings. The lowest BCUT2D eigenvalue weighted by atomic mass is 10.1. The summed E-state index contributed by atoms with van der Waals surface area (Å²) in [6, 6.07) is 4.16. The highest BCUT2D eigenvalue weighted by Crippen LogP contribution is 2.25. The molecule has 0 aliphatic carbocycles. The predicted molar refractivity (Wildman–Crippen MR) is 79.5 cm³/mol. The van der Waals surface area contributed by atoms with Gasteiger partial charge in [0, 0.05) is 38.3 Å². The summed E-state index contributed by atoms with van der Waals surface area (Å²) < 4.78 is 0. The van der Waals surface area contributed by atoms with Gasteiger partial charge in [-0.3, -0.25) is 14.9 Å². The van der Waals surface area contributed by atoms with Gasteiger partial charge in [0.25, 0.3) is 11.6 Å². The van der Waals surface area contributed by atoms with Crippen LogP contribution in [0, 0.1) is 10.1 Å². The molecule has 1 atom stereocenters. The summed E-state index contributed by atoms with van der Waals surface area (Å²) >= 11 is 0. The van der Waals surface area contributed by atoms with Crippen LogP contribution in [0.1, 0.15) is 17.3 Å². The summed E-state index contributed by atoms with van der Waals surface area (Å²) in [4.78, 5) is 22.0. The lowest BCUT2D eigenvalue weighted by Gasteiger charge is -2.10. The molecule has 0 saturated heterocycles. The number of hydrogen-bond acceptors (Lipinski definition) is 6. The van der Waals surface area contributed by atoms with Gasteiger partial charge in [0.1, 0.15) is 5.69 Å². The number of hydrogen-bond donors (Lipinski definition) is 4. The van der Waals surface area contributed by atoms with E-state index in [1.807, 2.05) is 0 Å². The van der Waals surface area contributed by atoms with Crippen LogP contribution in [0.4, 0.5) is 11.4 Å². The van der Waals surface area contributed by atoms with Crippen LogP contribution in [0.2, 0.25) is 0 Å². The van der Waals surface area contributed by atoms with Gasteiger partial charge < -0.3 is 21.1 Å². The van der Waals surface area contributed by atoms with E-state index in [1.54, 1.807) is 6.92 Å². The monoisotopic (exact) mass is 296 g/mol. The second kappa shape index (κ2) is 8.18. The molecule has 8 nitrogen and oxygen atoms in total. The highest BCUT2D eigenvalue weighted by atomic mass is 16.6. The largest absolute Gasteiger partial charge is 0.392 e. The Hall–Kier alpha value is -2.19. The van der Waals surface area contributed by atoms with Crippen LogP contribution in [0.15, 0.2) is 18.2 Å². The molecular formula is C13H20N4O4. The van der Waals surface area contributed by atoms with Gasteiger partial charge >= 0.3 is 0 Å². The van der Waals surface area contributed by atoms with Crippen LogP contribution in [0.25, 0.3) is 0 Å². The van der Waals surface area contributed by atoms with Gasteiger partial charge in [-0.25, -0.2) is 0 Å². The van der Waals surface area contributed by atoms with E-state index in [0.717, 1.165) is 0 Å². The Balaban J connectivity index is 2.72. The number of anilines is 1. The van der Waals surface area contributed by atoms with Crippen LogP contribution in [-0.4, -0.2) is 48.7 Å². The maximum Gasteiger partial charge on any atom is 0.292 e. The minimum atomic E-state index is -0.501. The topological polar surface area (TPSA) is 117 Å². The van der Waals surface area contributed by atoms with Crippen LogP contribution < -0.4 is 16.0 Å². The minimum absolute atomic E-state index is 0.0850. The molecule has 0 aliphatic rings. The van der Waals surface area contributed by atoms with Crippen molar-refractivity contribution in [2.24, 2.45) is 0 Å². The molecular weight excluding hydrogens is 276 g/mol. The van der Waals surface area contributed by atoms with Gasteiger partial charge in [-0.15, -0.1) is 0 Å². The number of nitro groups is 1. The normalized spacial score (nSPS) is 11.8. The zero-order chi connectivity index (χ0) is 15.8. The number of aliphatic hydroxyl groups excluding tert-OH is 1. The average Bonchev–Trinajstić information content (AvgIpc) is 2.45. The van der Waals surface area contributed by atoms with Crippen molar-refractivity contribution in [1.82, 2.24) is 10.6 Å². The molecule has 0 aliphatic heterocycles. The van der Waals surface area contributed by atoms with E-state index in [9.17, 15) is 14.9 Å². The first-order valence-corrected chi connectivity index (χ1v) is 6.59. The van der Waals surface area contributed by atoms with Gasteiger partial charge in [-0.1, -0.05) is 0 Å². The standard InChI is InChI=1S/C13H20N4O4/c1-9(18)8-15-5-6-16-11-7-10(13(19)14-2)3-4-12(11)17(20)21/h3-4,7,9,15-16,18H,5-6,8H2,1-2H3,(H,14,19). The Morgan fingerprint density at radius 1 is 1.43 bits per heavy atom. The third-order valence-corrected chi connectivity index (χ3v) is 2.74. The lowest BCUT2D eigenvalue weighted by Crippen LogP contribution is -2.29. The van der Waals surface area contributed by atoms with E-state index in [0.29, 0.717) is 30.9 Å². The molecule has 1 rings (SSSR count). The van der Waals surface area contributed by atoms with E-state index < -0.39 is 11.0 Å². The summed E-state index contributed by atoms with van der Waals surface area (Å²) in [5.74, 6) is -0.305. The summed E-state index contributed by atoms with van der Waals surface area (Å²) in [5.41, 5.74) is 0.556. The molecule has 0 radical (unpaired) electrons. The van der Waals surface area contributed by atoms with Gasteiger partial charge in [0.2, 0.25) is 0 Å². The number of nitro benzene ring substituents is 1. The lowest BCUT2D eigenvalue weighted by molar-refractivity contribution is -0.384. The molecule has 1 amide bonds. The first-order chi connectivity index (χ1) is 9.95. The summed E-state index contributed by atoms with van der Waals surface area (Å²) in [6.07, 6.45) is -0.448. The second-order valence-corrected chi connectivity index (χ2v) is 4.55. The van der Waals surface area contributed by atoms with Crippen LogP contribution in [0.5, 0.6) is 0 Å². The number of rotatable bonds is 8. The third kappa shape index (κ3) is 5.36. The maximum absolute atomic E-state index is 11.5. The maximum atomic E-state index is 11.5. The van der Waals surface area contributed by atoms with E-state index in [2.05, 4.69) is 16.0 Å². The number of benzene rings is 1. The molecule has 0 heterocycles. The smallest absolute Gasteiger partial charge is 0.292 e. The molecule has 0 spiro atoms.